The van der Waals surface area contributed by atoms with Crippen molar-refractivity contribution in [1.29, 1.82) is 0 Å². The standard InChI is InChI=1S/C15H30N4O/c1-4-16-5-7-17(8-6-16)13-15(20)19-11-9-18(10-12-19)14(2)3/h14H,4-13H2,1-3H3. The van der Waals surface area contributed by atoms with Crippen molar-refractivity contribution in [2.24, 2.45) is 0 Å². The van der Waals surface area contributed by atoms with Crippen LogP contribution in [0.1, 0.15) is 20.8 Å². The number of piperazine rings is 2. The second-order valence-corrected chi connectivity index (χ2v) is 6.22. The molecule has 2 rings (SSSR count). The van der Waals surface area contributed by atoms with E-state index < -0.39 is 0 Å². The van der Waals surface area contributed by atoms with E-state index in [-0.39, 0.29) is 0 Å². The van der Waals surface area contributed by atoms with Gasteiger partial charge in [-0.05, 0) is 20.4 Å². The molecule has 0 unspecified atom stereocenters. The minimum Gasteiger partial charge on any atom is -0.339 e. The second kappa shape index (κ2) is 7.38. The van der Waals surface area contributed by atoms with Gasteiger partial charge in [-0.2, -0.15) is 0 Å². The van der Waals surface area contributed by atoms with Gasteiger partial charge in [0.2, 0.25) is 5.91 Å². The van der Waals surface area contributed by atoms with Crippen LogP contribution in [0.4, 0.5) is 0 Å². The predicted octanol–water partition coefficient (Wildman–Crippen LogP) is 0.177. The van der Waals surface area contributed by atoms with Gasteiger partial charge in [0, 0.05) is 58.4 Å². The lowest BCUT2D eigenvalue weighted by Crippen LogP contribution is -2.54. The number of hydrogen-bond donors (Lipinski definition) is 0. The summed E-state index contributed by atoms with van der Waals surface area (Å²) in [5.41, 5.74) is 0. The third kappa shape index (κ3) is 4.17. The molecule has 2 aliphatic rings. The SMILES string of the molecule is CCN1CCN(CC(=O)N2CCN(C(C)C)CC2)CC1. The van der Waals surface area contributed by atoms with E-state index in [4.69, 9.17) is 0 Å². The Morgan fingerprint density at radius 1 is 0.900 bits per heavy atom. The van der Waals surface area contributed by atoms with Crippen molar-refractivity contribution in [3.63, 3.8) is 0 Å². The highest BCUT2D eigenvalue weighted by Gasteiger charge is 2.24. The van der Waals surface area contributed by atoms with Crippen molar-refractivity contribution in [2.45, 2.75) is 26.8 Å². The topological polar surface area (TPSA) is 30.0 Å². The highest BCUT2D eigenvalue weighted by molar-refractivity contribution is 5.78. The average molecular weight is 282 g/mol. The third-order valence-electron chi connectivity index (χ3n) is 4.67. The van der Waals surface area contributed by atoms with Crippen LogP contribution in [-0.4, -0.2) is 97.0 Å². The molecule has 5 heteroatoms. The molecule has 0 N–H and O–H groups in total. The molecule has 116 valence electrons. The third-order valence-corrected chi connectivity index (χ3v) is 4.67. The molecule has 0 spiro atoms. The first-order valence-corrected chi connectivity index (χ1v) is 8.06. The lowest BCUT2D eigenvalue weighted by molar-refractivity contribution is -0.134. The Labute approximate surface area is 123 Å². The molecular weight excluding hydrogens is 252 g/mol. The van der Waals surface area contributed by atoms with Crippen molar-refractivity contribution in [3.05, 3.63) is 0 Å². The normalized spacial score (nSPS) is 23.5. The summed E-state index contributed by atoms with van der Waals surface area (Å²) in [6.45, 7) is 16.5. The number of nitrogens with zero attached hydrogens (tertiary/aromatic N) is 4. The molecule has 2 saturated heterocycles. The van der Waals surface area contributed by atoms with Gasteiger partial charge in [0.25, 0.3) is 0 Å². The number of hydrogen-bond acceptors (Lipinski definition) is 4. The molecule has 0 saturated carbocycles. The van der Waals surface area contributed by atoms with Crippen molar-refractivity contribution in [2.75, 3.05) is 65.4 Å². The number of amides is 1. The maximum absolute atomic E-state index is 12.3. The van der Waals surface area contributed by atoms with E-state index in [0.29, 0.717) is 18.5 Å². The molecule has 0 aliphatic carbocycles. The number of rotatable bonds is 4. The summed E-state index contributed by atoms with van der Waals surface area (Å²) < 4.78 is 0. The predicted molar refractivity (Wildman–Crippen MR) is 81.8 cm³/mol. The van der Waals surface area contributed by atoms with Crippen molar-refractivity contribution >= 4 is 5.91 Å². The van der Waals surface area contributed by atoms with Crippen LogP contribution < -0.4 is 0 Å². The van der Waals surface area contributed by atoms with Crippen LogP contribution in [0.5, 0.6) is 0 Å². The fourth-order valence-electron chi connectivity index (χ4n) is 3.04. The molecule has 0 aromatic rings. The zero-order valence-corrected chi connectivity index (χ0v) is 13.3. The molecule has 0 atom stereocenters. The molecular formula is C15H30N4O. The van der Waals surface area contributed by atoms with Crippen molar-refractivity contribution in [3.8, 4) is 0 Å². The Hall–Kier alpha value is -0.650. The maximum atomic E-state index is 12.3. The van der Waals surface area contributed by atoms with Gasteiger partial charge in [-0.15, -0.1) is 0 Å². The van der Waals surface area contributed by atoms with Gasteiger partial charge < -0.3 is 9.80 Å². The molecule has 5 nitrogen and oxygen atoms in total. The summed E-state index contributed by atoms with van der Waals surface area (Å²) in [6, 6.07) is 0.592. The van der Waals surface area contributed by atoms with Crippen LogP contribution in [0.15, 0.2) is 0 Å². The molecule has 20 heavy (non-hydrogen) atoms. The summed E-state index contributed by atoms with van der Waals surface area (Å²) in [6.07, 6.45) is 0. The number of carbonyl (C=O) groups excluding carboxylic acids is 1. The largest absolute Gasteiger partial charge is 0.339 e. The van der Waals surface area contributed by atoms with Crippen LogP contribution >= 0.6 is 0 Å². The molecule has 2 heterocycles. The van der Waals surface area contributed by atoms with E-state index in [2.05, 4.69) is 35.5 Å². The second-order valence-electron chi connectivity index (χ2n) is 6.22. The number of carbonyl (C=O) groups is 1. The first-order valence-electron chi connectivity index (χ1n) is 8.06. The monoisotopic (exact) mass is 282 g/mol. The fraction of sp³-hybridized carbons (Fsp3) is 0.933. The van der Waals surface area contributed by atoms with Crippen LogP contribution in [-0.2, 0) is 4.79 Å². The molecule has 2 aliphatic heterocycles. The van der Waals surface area contributed by atoms with Crippen molar-refractivity contribution < 1.29 is 4.79 Å². The number of likely N-dealkylation sites (N-methyl/N-ethyl adjacent to an activating group) is 1. The first kappa shape index (κ1) is 15.7. The summed E-state index contributed by atoms with van der Waals surface area (Å²) in [5.74, 6) is 0.318. The smallest absolute Gasteiger partial charge is 0.236 e. The first-order chi connectivity index (χ1) is 9.60. The van der Waals surface area contributed by atoms with E-state index >= 15 is 0 Å². The Balaban J connectivity index is 1.71. The van der Waals surface area contributed by atoms with Gasteiger partial charge in [0.05, 0.1) is 6.54 Å². The molecule has 2 fully saturated rings. The molecule has 0 aromatic heterocycles. The molecule has 0 bridgehead atoms. The van der Waals surface area contributed by atoms with E-state index in [1.54, 1.807) is 0 Å². The zero-order valence-electron chi connectivity index (χ0n) is 13.3. The van der Waals surface area contributed by atoms with Crippen molar-refractivity contribution in [1.82, 2.24) is 19.6 Å². The Bertz CT molecular complexity index is 305. The van der Waals surface area contributed by atoms with Crippen LogP contribution in [0.25, 0.3) is 0 Å². The summed E-state index contributed by atoms with van der Waals surface area (Å²) in [4.78, 5) is 21.6. The van der Waals surface area contributed by atoms with Crippen LogP contribution in [0, 0.1) is 0 Å². The van der Waals surface area contributed by atoms with E-state index in [9.17, 15) is 4.79 Å². The van der Waals surface area contributed by atoms with Gasteiger partial charge in [-0.25, -0.2) is 0 Å². The summed E-state index contributed by atoms with van der Waals surface area (Å²) in [5, 5.41) is 0. The fourth-order valence-corrected chi connectivity index (χ4v) is 3.04. The average Bonchev–Trinajstić information content (AvgIpc) is 2.48. The molecule has 1 amide bonds. The Morgan fingerprint density at radius 3 is 1.95 bits per heavy atom. The molecule has 0 radical (unpaired) electrons. The molecule has 0 aromatic carbocycles. The van der Waals surface area contributed by atoms with Gasteiger partial charge in [-0.1, -0.05) is 6.92 Å². The van der Waals surface area contributed by atoms with Crippen LogP contribution in [0.2, 0.25) is 0 Å². The van der Waals surface area contributed by atoms with E-state index in [1.807, 2.05) is 4.90 Å². The van der Waals surface area contributed by atoms with Gasteiger partial charge >= 0.3 is 0 Å². The highest BCUT2D eigenvalue weighted by atomic mass is 16.2. The van der Waals surface area contributed by atoms with Gasteiger partial charge in [-0.3, -0.25) is 14.6 Å². The lowest BCUT2D eigenvalue weighted by atomic mass is 10.2. The maximum Gasteiger partial charge on any atom is 0.236 e. The summed E-state index contributed by atoms with van der Waals surface area (Å²) in [7, 11) is 0. The lowest BCUT2D eigenvalue weighted by Gasteiger charge is -2.39. The van der Waals surface area contributed by atoms with E-state index in [1.165, 1.54) is 0 Å². The highest BCUT2D eigenvalue weighted by Crippen LogP contribution is 2.07. The van der Waals surface area contributed by atoms with Crippen LogP contribution in [0.3, 0.4) is 0 Å². The van der Waals surface area contributed by atoms with Gasteiger partial charge in [0.15, 0.2) is 0 Å². The minimum atomic E-state index is 0.318. The Morgan fingerprint density at radius 2 is 1.45 bits per heavy atom. The minimum absolute atomic E-state index is 0.318. The quantitative estimate of drug-likeness (QED) is 0.736. The Kier molecular flexibility index (Phi) is 5.81. The van der Waals surface area contributed by atoms with E-state index in [0.717, 1.165) is 58.9 Å². The zero-order chi connectivity index (χ0) is 14.5. The van der Waals surface area contributed by atoms with Gasteiger partial charge in [0.1, 0.15) is 0 Å². The summed E-state index contributed by atoms with van der Waals surface area (Å²) >= 11 is 0.